The van der Waals surface area contributed by atoms with E-state index in [0.717, 1.165) is 11.1 Å². The molecule has 2 aliphatic rings. The number of esters is 1. The number of ether oxygens (including phenoxy) is 2. The summed E-state index contributed by atoms with van der Waals surface area (Å²) >= 11 is 3.45. The van der Waals surface area contributed by atoms with E-state index in [1.807, 2.05) is 0 Å². The number of carbonyl (C=O) groups is 1. The first-order valence-electron chi connectivity index (χ1n) is 3.83. The van der Waals surface area contributed by atoms with Crippen molar-refractivity contribution in [3.8, 4) is 0 Å². The van der Waals surface area contributed by atoms with Gasteiger partial charge in [-0.25, -0.2) is 4.79 Å². The Morgan fingerprint density at radius 2 is 2.25 bits per heavy atom. The molecule has 12 heavy (non-hydrogen) atoms. The van der Waals surface area contributed by atoms with Crippen LogP contribution in [0.5, 0.6) is 0 Å². The number of halogens is 1. The summed E-state index contributed by atoms with van der Waals surface area (Å²) in [6.07, 6.45) is -0.143. The van der Waals surface area contributed by atoms with Gasteiger partial charge < -0.3 is 9.47 Å². The summed E-state index contributed by atoms with van der Waals surface area (Å²) in [5.41, 5.74) is 1.80. The summed E-state index contributed by atoms with van der Waals surface area (Å²) in [4.78, 5) is 11.3. The fourth-order valence-electron chi connectivity index (χ4n) is 1.57. The van der Waals surface area contributed by atoms with Crippen LogP contribution in [0.15, 0.2) is 11.1 Å². The molecule has 0 N–H and O–H groups in total. The van der Waals surface area contributed by atoms with Crippen LogP contribution in [0.25, 0.3) is 0 Å². The molecule has 66 valence electrons. The molecule has 0 aromatic rings. The van der Waals surface area contributed by atoms with Gasteiger partial charge in [0.05, 0.1) is 18.0 Å². The van der Waals surface area contributed by atoms with Gasteiger partial charge in [0.1, 0.15) is 6.10 Å². The quantitative estimate of drug-likeness (QED) is 0.463. The van der Waals surface area contributed by atoms with Gasteiger partial charge in [0, 0.05) is 5.57 Å². The van der Waals surface area contributed by atoms with Crippen LogP contribution in [0.4, 0.5) is 0 Å². The summed E-state index contributed by atoms with van der Waals surface area (Å²) in [7, 11) is 0. The summed E-state index contributed by atoms with van der Waals surface area (Å²) in [5.74, 6) is -0.204. The molecule has 0 radical (unpaired) electrons. The fourth-order valence-corrected chi connectivity index (χ4v) is 2.39. The molecular formula is C8H9BrO3. The van der Waals surface area contributed by atoms with E-state index in [1.54, 1.807) is 6.92 Å². The first-order chi connectivity index (χ1) is 5.70. The minimum atomic E-state index is -0.204. The zero-order valence-electron chi connectivity index (χ0n) is 6.67. The maximum atomic E-state index is 11.1. The number of alkyl halides is 1. The minimum Gasteiger partial charge on any atom is -0.452 e. The molecule has 2 rings (SSSR count). The van der Waals surface area contributed by atoms with Crippen LogP contribution in [-0.4, -0.2) is 30.1 Å². The van der Waals surface area contributed by atoms with Crippen LogP contribution in [0.3, 0.4) is 0 Å². The van der Waals surface area contributed by atoms with Gasteiger partial charge in [-0.3, -0.25) is 0 Å². The van der Waals surface area contributed by atoms with Crippen LogP contribution in [0.2, 0.25) is 0 Å². The Kier molecular flexibility index (Phi) is 1.96. The summed E-state index contributed by atoms with van der Waals surface area (Å²) in [6, 6.07) is 0. The maximum Gasteiger partial charge on any atom is 0.334 e. The Balaban J connectivity index is 2.34. The van der Waals surface area contributed by atoms with Gasteiger partial charge in [-0.05, 0) is 12.5 Å². The Labute approximate surface area is 78.8 Å². The molecule has 2 heterocycles. The van der Waals surface area contributed by atoms with E-state index in [1.165, 1.54) is 0 Å². The topological polar surface area (TPSA) is 35.5 Å². The number of hydrogen-bond donors (Lipinski definition) is 0. The second kappa shape index (κ2) is 2.85. The predicted octanol–water partition coefficient (Wildman–Crippen LogP) is 1.02. The van der Waals surface area contributed by atoms with E-state index in [-0.39, 0.29) is 16.9 Å². The molecule has 0 aromatic carbocycles. The third-order valence-corrected chi connectivity index (χ3v) is 2.96. The molecular weight excluding hydrogens is 224 g/mol. The molecule has 0 bridgehead atoms. The van der Waals surface area contributed by atoms with Crippen molar-refractivity contribution in [2.75, 3.05) is 13.2 Å². The highest BCUT2D eigenvalue weighted by atomic mass is 79.9. The van der Waals surface area contributed by atoms with Crippen molar-refractivity contribution in [1.29, 1.82) is 0 Å². The third-order valence-electron chi connectivity index (χ3n) is 2.21. The number of fused-ring (bicyclic) bond motifs is 1. The molecule has 0 spiro atoms. The monoisotopic (exact) mass is 232 g/mol. The molecule has 3 nitrogen and oxygen atoms in total. The average Bonchev–Trinajstić information content (AvgIpc) is 2.29. The van der Waals surface area contributed by atoms with Crippen molar-refractivity contribution in [3.63, 3.8) is 0 Å². The first-order valence-corrected chi connectivity index (χ1v) is 4.75. The van der Waals surface area contributed by atoms with Crippen LogP contribution in [0.1, 0.15) is 6.92 Å². The van der Waals surface area contributed by atoms with Crippen LogP contribution >= 0.6 is 15.9 Å². The molecule has 0 aromatic heterocycles. The lowest BCUT2D eigenvalue weighted by Gasteiger charge is -2.24. The Morgan fingerprint density at radius 1 is 1.50 bits per heavy atom. The number of carbonyl (C=O) groups excluding carboxylic acids is 1. The van der Waals surface area contributed by atoms with Gasteiger partial charge in [0.25, 0.3) is 0 Å². The molecule has 0 aliphatic carbocycles. The molecule has 2 aliphatic heterocycles. The van der Waals surface area contributed by atoms with Crippen LogP contribution in [-0.2, 0) is 14.3 Å². The average molecular weight is 233 g/mol. The molecule has 1 fully saturated rings. The van der Waals surface area contributed by atoms with Crippen molar-refractivity contribution in [3.05, 3.63) is 11.1 Å². The lowest BCUT2D eigenvalue weighted by molar-refractivity contribution is -0.142. The van der Waals surface area contributed by atoms with Crippen molar-refractivity contribution in [1.82, 2.24) is 0 Å². The highest BCUT2D eigenvalue weighted by Crippen LogP contribution is 2.32. The summed E-state index contributed by atoms with van der Waals surface area (Å²) in [6.45, 7) is 2.93. The van der Waals surface area contributed by atoms with Crippen LogP contribution < -0.4 is 0 Å². The van der Waals surface area contributed by atoms with Crippen molar-refractivity contribution in [2.45, 2.75) is 17.9 Å². The Hall–Kier alpha value is -0.350. The smallest absolute Gasteiger partial charge is 0.334 e. The van der Waals surface area contributed by atoms with Gasteiger partial charge in [0.2, 0.25) is 0 Å². The molecule has 2 atom stereocenters. The Bertz CT molecular complexity index is 259. The van der Waals surface area contributed by atoms with Crippen LogP contribution in [0, 0.1) is 0 Å². The van der Waals surface area contributed by atoms with E-state index >= 15 is 0 Å². The van der Waals surface area contributed by atoms with Crippen molar-refractivity contribution < 1.29 is 14.3 Å². The first kappa shape index (κ1) is 8.26. The van der Waals surface area contributed by atoms with Gasteiger partial charge in [-0.15, -0.1) is 0 Å². The zero-order valence-corrected chi connectivity index (χ0v) is 8.26. The lowest BCUT2D eigenvalue weighted by atomic mass is 10.0. The number of rotatable bonds is 0. The van der Waals surface area contributed by atoms with Gasteiger partial charge >= 0.3 is 5.97 Å². The zero-order chi connectivity index (χ0) is 8.72. The summed E-state index contributed by atoms with van der Waals surface area (Å²) < 4.78 is 10.3. The molecule has 0 amide bonds. The molecule has 4 heteroatoms. The van der Waals surface area contributed by atoms with E-state index in [9.17, 15) is 4.79 Å². The fraction of sp³-hybridized carbons (Fsp3) is 0.625. The number of hydrogen-bond acceptors (Lipinski definition) is 3. The highest BCUT2D eigenvalue weighted by molar-refractivity contribution is 9.09. The molecule has 0 saturated carbocycles. The normalized spacial score (nSPS) is 35.0. The second-order valence-electron chi connectivity index (χ2n) is 2.98. The van der Waals surface area contributed by atoms with E-state index in [0.29, 0.717) is 13.2 Å². The lowest BCUT2D eigenvalue weighted by Crippen LogP contribution is -2.32. The van der Waals surface area contributed by atoms with Gasteiger partial charge in [-0.1, -0.05) is 15.9 Å². The molecule has 1 saturated heterocycles. The maximum absolute atomic E-state index is 11.1. The standard InChI is InChI=1S/C8H9BrO3/c1-4-7-5(9)2-11-3-6(7)12-8(4)10/h5-6H,2-3H2,1H3. The minimum absolute atomic E-state index is 0.141. The van der Waals surface area contributed by atoms with Gasteiger partial charge in [-0.2, -0.15) is 0 Å². The SMILES string of the molecule is CC1=C2C(Br)COCC2OC1=O. The largest absolute Gasteiger partial charge is 0.452 e. The second-order valence-corrected chi connectivity index (χ2v) is 4.08. The summed E-state index contributed by atoms with van der Waals surface area (Å²) in [5, 5.41) is 0. The molecule has 2 unspecified atom stereocenters. The van der Waals surface area contributed by atoms with Crippen molar-refractivity contribution >= 4 is 21.9 Å². The predicted molar refractivity (Wildman–Crippen MR) is 46.1 cm³/mol. The van der Waals surface area contributed by atoms with E-state index < -0.39 is 0 Å². The third kappa shape index (κ3) is 1.10. The highest BCUT2D eigenvalue weighted by Gasteiger charge is 2.38. The van der Waals surface area contributed by atoms with Gasteiger partial charge in [0.15, 0.2) is 0 Å². The van der Waals surface area contributed by atoms with E-state index in [4.69, 9.17) is 9.47 Å². The van der Waals surface area contributed by atoms with E-state index in [2.05, 4.69) is 15.9 Å². The van der Waals surface area contributed by atoms with Crippen molar-refractivity contribution in [2.24, 2.45) is 0 Å². The Morgan fingerprint density at radius 3 is 2.92 bits per heavy atom.